The minimum Gasteiger partial charge on any atom is -0.343 e. The van der Waals surface area contributed by atoms with Crippen LogP contribution in [0.3, 0.4) is 0 Å². The van der Waals surface area contributed by atoms with Gasteiger partial charge in [0.05, 0.1) is 40.0 Å². The van der Waals surface area contributed by atoms with E-state index in [-0.39, 0.29) is 65.9 Å². The van der Waals surface area contributed by atoms with Crippen LogP contribution in [-0.4, -0.2) is 153 Å². The second kappa shape index (κ2) is 18.4. The Labute approximate surface area is 385 Å². The van der Waals surface area contributed by atoms with E-state index in [1.807, 2.05) is 60.7 Å². The first-order chi connectivity index (χ1) is 31.7. The SMILES string of the molecule is CNC1CC2C(NC1=O)C(=O)N1CCC[C@@H]1CCN2S(=O)(=O)c1ccc(S(=O)(=O)N2CC[C@H]3CC[C@@H](C(=O)NC(c4ccccc4)c4ccccc4)N3C(=O)C3NC(=O)C(NC)CC32)cc1. The Morgan fingerprint density at radius 2 is 1.09 bits per heavy atom. The van der Waals surface area contributed by atoms with Crippen LogP contribution < -0.4 is 26.6 Å². The summed E-state index contributed by atoms with van der Waals surface area (Å²) in [4.78, 5) is 72.4. The topological polar surface area (TPSA) is 227 Å². The van der Waals surface area contributed by atoms with Crippen molar-refractivity contribution in [1.29, 1.82) is 0 Å². The van der Waals surface area contributed by atoms with Gasteiger partial charge in [0.2, 0.25) is 49.6 Å². The molecule has 5 amide bonds. The van der Waals surface area contributed by atoms with Crippen molar-refractivity contribution in [1.82, 2.24) is 45.0 Å². The van der Waals surface area contributed by atoms with Gasteiger partial charge in [-0.25, -0.2) is 16.8 Å². The molecule has 18 nitrogen and oxygen atoms in total. The fourth-order valence-corrected chi connectivity index (χ4v) is 14.5. The van der Waals surface area contributed by atoms with Gasteiger partial charge >= 0.3 is 0 Å². The van der Waals surface area contributed by atoms with Crippen molar-refractivity contribution in [2.45, 2.75) is 122 Å². The highest BCUT2D eigenvalue weighted by Gasteiger charge is 2.54. The normalized spacial score (nSPS) is 29.9. The Kier molecular flexibility index (Phi) is 12.8. The summed E-state index contributed by atoms with van der Waals surface area (Å²) in [5.41, 5.74) is 1.72. The van der Waals surface area contributed by atoms with E-state index in [4.69, 9.17) is 0 Å². The lowest BCUT2D eigenvalue weighted by molar-refractivity contribution is -0.147. The summed E-state index contributed by atoms with van der Waals surface area (Å²) in [5.74, 6) is -2.08. The zero-order valence-electron chi connectivity index (χ0n) is 36.9. The van der Waals surface area contributed by atoms with Crippen molar-refractivity contribution >= 4 is 49.6 Å². The summed E-state index contributed by atoms with van der Waals surface area (Å²) in [6.07, 6.45) is 2.90. The van der Waals surface area contributed by atoms with Gasteiger partial charge in [-0.1, -0.05) is 60.7 Å². The molecule has 0 bridgehead atoms. The fraction of sp³-hybridized carbons (Fsp3) is 0.500. The molecule has 6 unspecified atom stereocenters. The van der Waals surface area contributed by atoms with Crippen molar-refractivity contribution in [3.8, 4) is 0 Å². The minimum absolute atomic E-state index is 0.0390. The Morgan fingerprint density at radius 3 is 1.59 bits per heavy atom. The molecular weight excluding hydrogens is 887 g/mol. The summed E-state index contributed by atoms with van der Waals surface area (Å²) in [6.45, 7) is 0.586. The van der Waals surface area contributed by atoms with Crippen LogP contribution in [-0.2, 0) is 44.0 Å². The number of piperidine rings is 2. The van der Waals surface area contributed by atoms with Gasteiger partial charge in [-0.2, -0.15) is 8.61 Å². The molecule has 0 saturated carbocycles. The highest BCUT2D eigenvalue weighted by atomic mass is 32.2. The number of likely N-dealkylation sites (N-methyl/N-ethyl adjacent to an activating group) is 2. The van der Waals surface area contributed by atoms with Gasteiger partial charge in [0.15, 0.2) is 0 Å². The van der Waals surface area contributed by atoms with E-state index in [0.717, 1.165) is 24.0 Å². The zero-order valence-corrected chi connectivity index (χ0v) is 38.5. The lowest BCUT2D eigenvalue weighted by atomic mass is 9.91. The smallest absolute Gasteiger partial charge is 0.247 e. The maximum absolute atomic E-state index is 14.9. The molecule has 6 fully saturated rings. The quantitative estimate of drug-likeness (QED) is 0.187. The summed E-state index contributed by atoms with van der Waals surface area (Å²) in [5, 5.41) is 14.7. The highest BCUT2D eigenvalue weighted by Crippen LogP contribution is 2.37. The van der Waals surface area contributed by atoms with Gasteiger partial charge in [-0.05, 0) is 101 Å². The molecule has 0 spiro atoms. The molecule has 0 aromatic heterocycles. The minimum atomic E-state index is -4.44. The third-order valence-electron chi connectivity index (χ3n) is 14.6. The first-order valence-electron chi connectivity index (χ1n) is 22.8. The van der Waals surface area contributed by atoms with Crippen molar-refractivity contribution in [3.63, 3.8) is 0 Å². The third kappa shape index (κ3) is 8.29. The molecule has 3 aromatic carbocycles. The molecule has 5 N–H and O–H groups in total. The van der Waals surface area contributed by atoms with E-state index in [0.29, 0.717) is 25.8 Å². The Hall–Kier alpha value is -5.25. The van der Waals surface area contributed by atoms with E-state index < -0.39 is 86.2 Å². The number of sulfonamides is 2. The second-order valence-electron chi connectivity index (χ2n) is 18.1. The number of fused-ring (bicyclic) bond motifs is 4. The number of benzene rings is 3. The number of rotatable bonds is 10. The molecule has 352 valence electrons. The van der Waals surface area contributed by atoms with E-state index >= 15 is 0 Å². The summed E-state index contributed by atoms with van der Waals surface area (Å²) in [7, 11) is -5.60. The van der Waals surface area contributed by atoms with E-state index in [1.54, 1.807) is 23.9 Å². The van der Waals surface area contributed by atoms with Crippen LogP contribution in [0.1, 0.15) is 68.5 Å². The van der Waals surface area contributed by atoms with Gasteiger partial charge in [-0.3, -0.25) is 24.0 Å². The highest BCUT2D eigenvalue weighted by molar-refractivity contribution is 7.89. The van der Waals surface area contributed by atoms with Crippen molar-refractivity contribution in [3.05, 3.63) is 96.1 Å². The van der Waals surface area contributed by atoms with Crippen LogP contribution in [0.2, 0.25) is 0 Å². The lowest BCUT2D eigenvalue weighted by Crippen LogP contribution is -2.70. The van der Waals surface area contributed by atoms with Crippen LogP contribution in [0.15, 0.2) is 94.7 Å². The molecular formula is C46H57N9O9S2. The predicted octanol–water partition coefficient (Wildman–Crippen LogP) is 0.422. The Balaban J connectivity index is 0.986. The van der Waals surface area contributed by atoms with E-state index in [2.05, 4.69) is 26.6 Å². The zero-order chi connectivity index (χ0) is 46.5. The Bertz CT molecular complexity index is 2530. The van der Waals surface area contributed by atoms with Crippen molar-refractivity contribution in [2.24, 2.45) is 0 Å². The fourth-order valence-electron chi connectivity index (χ4n) is 11.1. The van der Waals surface area contributed by atoms with E-state index in [1.165, 1.54) is 32.9 Å². The maximum atomic E-state index is 14.9. The number of carbonyl (C=O) groups is 5. The third-order valence-corrected chi connectivity index (χ3v) is 18.5. The van der Waals surface area contributed by atoms with Gasteiger partial charge in [-0.15, -0.1) is 0 Å². The van der Waals surface area contributed by atoms with Gasteiger partial charge in [0.1, 0.15) is 18.1 Å². The lowest BCUT2D eigenvalue weighted by Gasteiger charge is -2.46. The predicted molar refractivity (Wildman–Crippen MR) is 241 cm³/mol. The van der Waals surface area contributed by atoms with Crippen LogP contribution in [0.4, 0.5) is 0 Å². The number of hydrogen-bond acceptors (Lipinski definition) is 11. The molecule has 6 saturated heterocycles. The number of carbonyl (C=O) groups excluding carboxylic acids is 5. The number of hydrogen-bond donors (Lipinski definition) is 5. The number of nitrogens with zero attached hydrogens (tertiary/aromatic N) is 4. The molecule has 9 atom stereocenters. The van der Waals surface area contributed by atoms with E-state index in [9.17, 15) is 40.8 Å². The van der Waals surface area contributed by atoms with Gasteiger partial charge in [0, 0.05) is 31.7 Å². The molecule has 6 aliphatic rings. The molecule has 6 aliphatic heterocycles. The second-order valence-corrected chi connectivity index (χ2v) is 21.9. The number of amides is 5. The molecule has 3 aromatic rings. The monoisotopic (exact) mass is 943 g/mol. The van der Waals surface area contributed by atoms with Crippen LogP contribution in [0, 0.1) is 0 Å². The largest absolute Gasteiger partial charge is 0.343 e. The average molecular weight is 944 g/mol. The summed E-state index contributed by atoms with van der Waals surface area (Å²) in [6, 6.07) is 16.0. The van der Waals surface area contributed by atoms with Crippen LogP contribution in [0.25, 0.3) is 0 Å². The average Bonchev–Trinajstić information content (AvgIpc) is 3.98. The maximum Gasteiger partial charge on any atom is 0.247 e. The molecule has 0 aliphatic carbocycles. The van der Waals surface area contributed by atoms with Crippen LogP contribution >= 0.6 is 0 Å². The van der Waals surface area contributed by atoms with Gasteiger partial charge < -0.3 is 36.4 Å². The number of nitrogens with one attached hydrogen (secondary N) is 5. The standard InChI is InChI=1S/C46H57N9O9S2/c1-47-34-26-37-40(50-42(34)56)45(59)52-23-9-14-30(52)21-24-53(37)65(61,62)32-16-18-33(19-17-32)66(63,64)54-25-22-31-15-20-36(55(31)46(60)41-38(54)27-35(48-2)43(57)51-41)44(58)49-39(28-10-5-3-6-11-28)29-12-7-4-8-13-29/h3-8,10-13,16-19,30-31,34-41,47-48H,9,14-15,20-27H2,1-2H3,(H,49,58)(H,50,56)(H,51,57)/t30-,31-,34?,35?,36+,37?,38?,40?,41?/m1/s1. The van der Waals surface area contributed by atoms with Crippen molar-refractivity contribution in [2.75, 3.05) is 33.7 Å². The first-order valence-corrected chi connectivity index (χ1v) is 25.7. The molecule has 20 heteroatoms. The summed E-state index contributed by atoms with van der Waals surface area (Å²) >= 11 is 0. The molecule has 6 heterocycles. The molecule has 0 radical (unpaired) electrons. The molecule has 66 heavy (non-hydrogen) atoms. The van der Waals surface area contributed by atoms with Gasteiger partial charge in [0.25, 0.3) is 0 Å². The Morgan fingerprint density at radius 1 is 0.606 bits per heavy atom. The molecule has 9 rings (SSSR count). The first kappa shape index (κ1) is 45.9. The van der Waals surface area contributed by atoms with Crippen LogP contribution in [0.5, 0.6) is 0 Å². The van der Waals surface area contributed by atoms with Crippen molar-refractivity contribution < 1.29 is 40.8 Å². The summed E-state index contributed by atoms with van der Waals surface area (Å²) < 4.78 is 61.5.